The minimum Gasteiger partial charge on any atom is -0.422 e. The summed E-state index contributed by atoms with van der Waals surface area (Å²) < 4.78 is 6.19. The topological polar surface area (TPSA) is 71.3 Å². The third-order valence-corrected chi connectivity index (χ3v) is 4.93. The zero-order chi connectivity index (χ0) is 16.6. The van der Waals surface area contributed by atoms with Crippen molar-refractivity contribution in [2.45, 2.75) is 38.8 Å². The third kappa shape index (κ3) is 3.19. The number of hydrogen-bond donors (Lipinski definition) is 2. The molecule has 0 spiro atoms. The lowest BCUT2D eigenvalue weighted by Gasteiger charge is -2.30. The van der Waals surface area contributed by atoms with Gasteiger partial charge in [-0.05, 0) is 57.0 Å². The molecular formula is C17H19BrN2O3. The lowest BCUT2D eigenvalue weighted by Crippen LogP contribution is -2.52. The molecule has 0 aliphatic carbocycles. The number of nitrogens with one attached hydrogen (secondary N) is 2. The Kier molecular flexibility index (Phi) is 4.55. The maximum absolute atomic E-state index is 12.6. The number of rotatable bonds is 2. The second-order valence-electron chi connectivity index (χ2n) is 5.99. The molecule has 6 heteroatoms. The Balaban J connectivity index is 1.98. The molecule has 122 valence electrons. The number of piperidine rings is 1. The van der Waals surface area contributed by atoms with Gasteiger partial charge in [-0.15, -0.1) is 0 Å². The molecule has 0 radical (unpaired) electrons. The number of benzene rings is 1. The fourth-order valence-electron chi connectivity index (χ4n) is 3.07. The molecule has 1 aromatic carbocycles. The van der Waals surface area contributed by atoms with E-state index in [4.69, 9.17) is 4.42 Å². The predicted molar refractivity (Wildman–Crippen MR) is 92.9 cm³/mol. The molecule has 1 fully saturated rings. The second kappa shape index (κ2) is 6.45. The van der Waals surface area contributed by atoms with E-state index in [1.165, 1.54) is 0 Å². The zero-order valence-corrected chi connectivity index (χ0v) is 14.7. The van der Waals surface area contributed by atoms with E-state index in [-0.39, 0.29) is 23.6 Å². The van der Waals surface area contributed by atoms with Gasteiger partial charge in [-0.25, -0.2) is 4.79 Å². The van der Waals surface area contributed by atoms with Crippen LogP contribution in [0.4, 0.5) is 0 Å². The van der Waals surface area contributed by atoms with Crippen LogP contribution in [0.3, 0.4) is 0 Å². The van der Waals surface area contributed by atoms with Crippen LogP contribution in [0.1, 0.15) is 35.7 Å². The smallest absolute Gasteiger partial charge is 0.349 e. The number of hydrogen-bond acceptors (Lipinski definition) is 4. The molecule has 23 heavy (non-hydrogen) atoms. The highest BCUT2D eigenvalue weighted by molar-refractivity contribution is 9.10. The van der Waals surface area contributed by atoms with Crippen molar-refractivity contribution < 1.29 is 9.21 Å². The summed E-state index contributed by atoms with van der Waals surface area (Å²) in [5.41, 5.74) is 0.631. The van der Waals surface area contributed by atoms with Crippen LogP contribution in [0.15, 0.2) is 31.9 Å². The Hall–Kier alpha value is -1.66. The van der Waals surface area contributed by atoms with Crippen molar-refractivity contribution in [3.05, 3.63) is 44.2 Å². The maximum Gasteiger partial charge on any atom is 0.349 e. The van der Waals surface area contributed by atoms with E-state index in [0.717, 1.165) is 29.2 Å². The maximum atomic E-state index is 12.6. The summed E-state index contributed by atoms with van der Waals surface area (Å²) in [6.45, 7) is 4.78. The molecule has 5 nitrogen and oxygen atoms in total. The van der Waals surface area contributed by atoms with Crippen molar-refractivity contribution in [3.63, 3.8) is 0 Å². The second-order valence-corrected chi connectivity index (χ2v) is 6.91. The number of carbonyl (C=O) groups is 1. The summed E-state index contributed by atoms with van der Waals surface area (Å²) in [5.74, 6) is -0.362. The van der Waals surface area contributed by atoms with Crippen molar-refractivity contribution >= 4 is 32.8 Å². The van der Waals surface area contributed by atoms with Gasteiger partial charge in [0.2, 0.25) is 0 Å². The van der Waals surface area contributed by atoms with Gasteiger partial charge in [-0.2, -0.15) is 0 Å². The normalized spacial score (nSPS) is 21.3. The highest BCUT2D eigenvalue weighted by Crippen LogP contribution is 2.23. The van der Waals surface area contributed by atoms with Gasteiger partial charge in [0.05, 0.1) is 0 Å². The van der Waals surface area contributed by atoms with Crippen LogP contribution >= 0.6 is 15.9 Å². The lowest BCUT2D eigenvalue weighted by atomic mass is 9.99. The van der Waals surface area contributed by atoms with Crippen LogP contribution in [0, 0.1) is 6.92 Å². The first-order valence-electron chi connectivity index (χ1n) is 7.74. The van der Waals surface area contributed by atoms with Gasteiger partial charge in [-0.1, -0.05) is 15.9 Å². The number of aryl methyl sites for hydroxylation is 1. The van der Waals surface area contributed by atoms with Crippen molar-refractivity contribution in [2.75, 3.05) is 6.54 Å². The Morgan fingerprint density at radius 1 is 1.43 bits per heavy atom. The summed E-state index contributed by atoms with van der Waals surface area (Å²) >= 11 is 3.41. The molecule has 1 saturated heterocycles. The lowest BCUT2D eigenvalue weighted by molar-refractivity contribution is 0.0915. The zero-order valence-electron chi connectivity index (χ0n) is 13.1. The van der Waals surface area contributed by atoms with Gasteiger partial charge in [0.15, 0.2) is 0 Å². The van der Waals surface area contributed by atoms with Crippen molar-refractivity contribution in [3.8, 4) is 0 Å². The minimum atomic E-state index is -0.591. The van der Waals surface area contributed by atoms with Crippen molar-refractivity contribution in [1.82, 2.24) is 10.6 Å². The van der Waals surface area contributed by atoms with E-state index in [2.05, 4.69) is 26.6 Å². The van der Waals surface area contributed by atoms with Crippen molar-refractivity contribution in [2.24, 2.45) is 0 Å². The molecular weight excluding hydrogens is 360 g/mol. The molecule has 0 bridgehead atoms. The van der Waals surface area contributed by atoms with Crippen LogP contribution in [-0.2, 0) is 0 Å². The SMILES string of the molecule is Cc1c(C(=O)NC2CCCNC2C)c(=O)oc2ccc(Br)cc12. The van der Waals surface area contributed by atoms with Gasteiger partial charge in [0, 0.05) is 21.9 Å². The number of fused-ring (bicyclic) bond motifs is 1. The van der Waals surface area contributed by atoms with Gasteiger partial charge in [-0.3, -0.25) is 4.79 Å². The first-order chi connectivity index (χ1) is 11.0. The van der Waals surface area contributed by atoms with Gasteiger partial charge < -0.3 is 15.1 Å². The minimum absolute atomic E-state index is 0.0215. The quantitative estimate of drug-likeness (QED) is 0.788. The van der Waals surface area contributed by atoms with Gasteiger partial charge in [0.25, 0.3) is 5.91 Å². The Morgan fingerprint density at radius 3 is 2.96 bits per heavy atom. The molecule has 0 saturated carbocycles. The first kappa shape index (κ1) is 16.2. The van der Waals surface area contributed by atoms with Crippen LogP contribution in [0.25, 0.3) is 11.0 Å². The molecule has 2 aromatic rings. The van der Waals surface area contributed by atoms with E-state index >= 15 is 0 Å². The number of amides is 1. The Labute approximate surface area is 142 Å². The monoisotopic (exact) mass is 378 g/mol. The summed E-state index contributed by atoms with van der Waals surface area (Å²) in [5, 5.41) is 7.07. The predicted octanol–water partition coefficient (Wildman–Crippen LogP) is 2.73. The summed E-state index contributed by atoms with van der Waals surface area (Å²) in [6, 6.07) is 5.60. The van der Waals surface area contributed by atoms with Crippen LogP contribution in [-0.4, -0.2) is 24.5 Å². The average molecular weight is 379 g/mol. The Morgan fingerprint density at radius 2 is 2.22 bits per heavy atom. The first-order valence-corrected chi connectivity index (χ1v) is 8.54. The fraction of sp³-hybridized carbons (Fsp3) is 0.412. The van der Waals surface area contributed by atoms with E-state index in [0.29, 0.717) is 11.1 Å². The highest BCUT2D eigenvalue weighted by atomic mass is 79.9. The molecule has 2 unspecified atom stereocenters. The molecule has 1 aromatic heterocycles. The van der Waals surface area contributed by atoms with E-state index in [1.807, 2.05) is 13.0 Å². The van der Waals surface area contributed by atoms with Gasteiger partial charge in [0.1, 0.15) is 11.1 Å². The van der Waals surface area contributed by atoms with Crippen LogP contribution in [0.5, 0.6) is 0 Å². The molecule has 2 atom stereocenters. The molecule has 1 amide bonds. The van der Waals surface area contributed by atoms with Crippen LogP contribution < -0.4 is 16.3 Å². The molecule has 2 N–H and O–H groups in total. The largest absolute Gasteiger partial charge is 0.422 e. The van der Waals surface area contributed by atoms with E-state index in [9.17, 15) is 9.59 Å². The van der Waals surface area contributed by atoms with Gasteiger partial charge >= 0.3 is 5.63 Å². The standard InChI is InChI=1S/C17H19BrN2O3/c1-9-12-8-11(18)5-6-14(12)23-17(22)15(9)16(21)20-13-4-3-7-19-10(13)2/h5-6,8,10,13,19H,3-4,7H2,1-2H3,(H,20,21). The van der Waals surface area contributed by atoms with Crippen molar-refractivity contribution in [1.29, 1.82) is 0 Å². The summed E-state index contributed by atoms with van der Waals surface area (Å²) in [6.07, 6.45) is 1.91. The van der Waals surface area contributed by atoms with E-state index in [1.54, 1.807) is 19.1 Å². The Bertz CT molecular complexity index is 815. The van der Waals surface area contributed by atoms with Crippen LogP contribution in [0.2, 0.25) is 0 Å². The number of carbonyl (C=O) groups excluding carboxylic acids is 1. The average Bonchev–Trinajstić information content (AvgIpc) is 2.50. The highest BCUT2D eigenvalue weighted by Gasteiger charge is 2.26. The fourth-order valence-corrected chi connectivity index (χ4v) is 3.43. The molecule has 1 aliphatic rings. The number of halogens is 1. The summed E-state index contributed by atoms with van der Waals surface area (Å²) in [4.78, 5) is 24.9. The molecule has 3 rings (SSSR count). The summed E-state index contributed by atoms with van der Waals surface area (Å²) in [7, 11) is 0. The van der Waals surface area contributed by atoms with E-state index < -0.39 is 5.63 Å². The molecule has 2 heterocycles. The third-order valence-electron chi connectivity index (χ3n) is 4.43. The molecule has 1 aliphatic heterocycles.